The van der Waals surface area contributed by atoms with Gasteiger partial charge < -0.3 is 9.47 Å². The lowest BCUT2D eigenvalue weighted by molar-refractivity contribution is -0.169. The minimum Gasteiger partial charge on any atom is -0.463 e. The monoisotopic (exact) mass is 328 g/mol. The van der Waals surface area contributed by atoms with Crippen molar-refractivity contribution in [2.75, 3.05) is 6.61 Å². The molecular weight excluding hydrogens is 315 g/mol. The maximum absolute atomic E-state index is 12.1. The summed E-state index contributed by atoms with van der Waals surface area (Å²) in [6.45, 7) is 1.96. The van der Waals surface area contributed by atoms with Gasteiger partial charge in [-0.15, -0.1) is 0 Å². The van der Waals surface area contributed by atoms with Crippen LogP contribution >= 0.6 is 23.2 Å². The summed E-state index contributed by atoms with van der Waals surface area (Å²) >= 11 is 12.2. The van der Waals surface area contributed by atoms with Crippen molar-refractivity contribution in [2.24, 2.45) is 0 Å². The predicted octanol–water partition coefficient (Wildman–Crippen LogP) is 3.56. The molecule has 2 rings (SSSR count). The number of carbonyl (C=O) groups excluding carboxylic acids is 2. The molecule has 1 aliphatic heterocycles. The maximum atomic E-state index is 12.1. The summed E-state index contributed by atoms with van der Waals surface area (Å²) in [5.41, 5.74) is 0.913. The number of esters is 2. The van der Waals surface area contributed by atoms with E-state index in [4.69, 9.17) is 32.7 Å². The number of rotatable bonds is 5. The summed E-state index contributed by atoms with van der Waals surface area (Å²) in [7, 11) is 0. The zero-order chi connectivity index (χ0) is 15.4. The van der Waals surface area contributed by atoms with Crippen molar-refractivity contribution in [1.29, 1.82) is 0 Å². The van der Waals surface area contributed by atoms with E-state index >= 15 is 0 Å². The van der Waals surface area contributed by atoms with E-state index in [1.54, 1.807) is 31.2 Å². The molecule has 1 aromatic carbocycles. The summed E-state index contributed by atoms with van der Waals surface area (Å²) in [5.74, 6) is -0.785. The van der Waals surface area contributed by atoms with Gasteiger partial charge in [-0.25, -0.2) is 4.79 Å². The number of ether oxygens (including phenoxy) is 2. The molecule has 0 bridgehead atoms. The summed E-state index contributed by atoms with van der Waals surface area (Å²) in [6, 6.07) is 6.87. The van der Waals surface area contributed by atoms with Gasteiger partial charge in [0.1, 0.15) is 6.10 Å². The van der Waals surface area contributed by atoms with Gasteiger partial charge in [0.25, 0.3) is 0 Å². The van der Waals surface area contributed by atoms with E-state index < -0.39 is 5.97 Å². The minimum atomic E-state index is -0.509. The van der Waals surface area contributed by atoms with Crippen molar-refractivity contribution in [1.82, 2.24) is 0 Å². The molecule has 0 saturated carbocycles. The van der Waals surface area contributed by atoms with Gasteiger partial charge in [0.05, 0.1) is 23.6 Å². The summed E-state index contributed by atoms with van der Waals surface area (Å²) in [5, 5.41) is 0.780. The Hall–Kier alpha value is -1.52. The van der Waals surface area contributed by atoms with Gasteiger partial charge >= 0.3 is 11.9 Å². The van der Waals surface area contributed by atoms with Crippen LogP contribution in [-0.4, -0.2) is 24.6 Å². The Morgan fingerprint density at radius 2 is 2.19 bits per heavy atom. The van der Waals surface area contributed by atoms with Gasteiger partial charge in [-0.2, -0.15) is 0 Å². The highest BCUT2D eigenvalue weighted by Gasteiger charge is 2.32. The fourth-order valence-electron chi connectivity index (χ4n) is 1.98. The molecule has 0 aliphatic carbocycles. The van der Waals surface area contributed by atoms with Gasteiger partial charge in [-0.1, -0.05) is 35.3 Å². The molecule has 1 aliphatic rings. The lowest BCUT2D eigenvalue weighted by Gasteiger charge is -2.26. The zero-order valence-corrected chi connectivity index (χ0v) is 12.9. The molecule has 1 atom stereocenters. The lowest BCUT2D eigenvalue weighted by Crippen LogP contribution is -2.34. The summed E-state index contributed by atoms with van der Waals surface area (Å²) in [6.07, 6.45) is 0.184. The van der Waals surface area contributed by atoms with Gasteiger partial charge in [-0.05, 0) is 24.6 Å². The van der Waals surface area contributed by atoms with Crippen LogP contribution in [0, 0.1) is 0 Å². The van der Waals surface area contributed by atoms with E-state index in [-0.39, 0.29) is 36.6 Å². The summed E-state index contributed by atoms with van der Waals surface area (Å²) < 4.78 is 9.96. The second-order valence-electron chi connectivity index (χ2n) is 4.54. The van der Waals surface area contributed by atoms with Crippen molar-refractivity contribution in [3.05, 3.63) is 40.4 Å². The second kappa shape index (κ2) is 6.96. The van der Waals surface area contributed by atoms with Crippen LogP contribution in [-0.2, 0) is 19.1 Å². The van der Waals surface area contributed by atoms with Crippen molar-refractivity contribution in [2.45, 2.75) is 25.9 Å². The largest absolute Gasteiger partial charge is 0.463 e. The fraction of sp³-hybridized carbons (Fsp3) is 0.333. The van der Waals surface area contributed by atoms with Crippen LogP contribution in [0.25, 0.3) is 5.03 Å². The van der Waals surface area contributed by atoms with Gasteiger partial charge in [0, 0.05) is 11.4 Å². The van der Waals surface area contributed by atoms with Crippen LogP contribution in [0.5, 0.6) is 0 Å². The standard InChI is InChI=1S/C15H14Cl2O4/c1-2-20-15(19)12(7-11-8-13(18)21-11)14(17)9-4-3-5-10(16)6-9/h3-6,11H,2,7-8H2,1H3/b14-12-/t11-/m1/s1. The van der Waals surface area contributed by atoms with Crippen LogP contribution in [0.4, 0.5) is 0 Å². The van der Waals surface area contributed by atoms with E-state index in [0.717, 1.165) is 0 Å². The van der Waals surface area contributed by atoms with E-state index in [0.29, 0.717) is 16.2 Å². The molecule has 21 heavy (non-hydrogen) atoms. The van der Waals surface area contributed by atoms with Gasteiger partial charge in [0.15, 0.2) is 0 Å². The number of benzene rings is 1. The van der Waals surface area contributed by atoms with Gasteiger partial charge in [-0.3, -0.25) is 4.79 Å². The first kappa shape index (κ1) is 15.9. The molecule has 1 fully saturated rings. The fourth-order valence-corrected chi connectivity index (χ4v) is 2.45. The number of hydrogen-bond acceptors (Lipinski definition) is 4. The van der Waals surface area contributed by atoms with E-state index in [2.05, 4.69) is 0 Å². The van der Waals surface area contributed by atoms with E-state index in [1.165, 1.54) is 0 Å². The Bertz CT molecular complexity index is 587. The molecule has 6 heteroatoms. The highest BCUT2D eigenvalue weighted by Crippen LogP contribution is 2.31. The number of carbonyl (C=O) groups is 2. The Labute approximate surface area is 132 Å². The third-order valence-electron chi connectivity index (χ3n) is 2.99. The summed E-state index contributed by atoms with van der Waals surface area (Å²) in [4.78, 5) is 22.9. The van der Waals surface area contributed by atoms with Crippen LogP contribution < -0.4 is 0 Å². The lowest BCUT2D eigenvalue weighted by atomic mass is 10.00. The first-order valence-electron chi connectivity index (χ1n) is 6.52. The molecule has 0 spiro atoms. The molecular formula is C15H14Cl2O4. The van der Waals surface area contributed by atoms with Crippen molar-refractivity contribution in [3.63, 3.8) is 0 Å². The molecule has 1 aromatic rings. The quantitative estimate of drug-likeness (QED) is 0.612. The molecule has 112 valence electrons. The normalized spacial score (nSPS) is 18.4. The van der Waals surface area contributed by atoms with Crippen molar-refractivity contribution in [3.8, 4) is 0 Å². The SMILES string of the molecule is CCOC(=O)/C(C[C@@H]1CC(=O)O1)=C(\Cl)c1cccc(Cl)c1. The highest BCUT2D eigenvalue weighted by atomic mass is 35.5. The molecule has 0 unspecified atom stereocenters. The Balaban J connectivity index is 2.29. The second-order valence-corrected chi connectivity index (χ2v) is 5.36. The average Bonchev–Trinajstić information content (AvgIpc) is 2.41. The average molecular weight is 329 g/mol. The molecule has 0 radical (unpaired) electrons. The molecule has 1 heterocycles. The zero-order valence-electron chi connectivity index (χ0n) is 11.4. The number of halogens is 2. The highest BCUT2D eigenvalue weighted by molar-refractivity contribution is 6.51. The Kier molecular flexibility index (Phi) is 5.26. The van der Waals surface area contributed by atoms with Crippen LogP contribution in [0.2, 0.25) is 5.02 Å². The predicted molar refractivity (Wildman–Crippen MR) is 80.0 cm³/mol. The smallest absolute Gasteiger partial charge is 0.335 e. The van der Waals surface area contributed by atoms with E-state index in [1.807, 2.05) is 0 Å². The van der Waals surface area contributed by atoms with Gasteiger partial charge in [0.2, 0.25) is 0 Å². The van der Waals surface area contributed by atoms with Crippen LogP contribution in [0.1, 0.15) is 25.3 Å². The molecule has 4 nitrogen and oxygen atoms in total. The van der Waals surface area contributed by atoms with Crippen LogP contribution in [0.3, 0.4) is 0 Å². The number of hydrogen-bond donors (Lipinski definition) is 0. The van der Waals surface area contributed by atoms with Crippen LogP contribution in [0.15, 0.2) is 29.8 Å². The van der Waals surface area contributed by atoms with Crippen molar-refractivity contribution >= 4 is 40.2 Å². The first-order valence-corrected chi connectivity index (χ1v) is 7.28. The minimum absolute atomic E-state index is 0.232. The molecule has 0 N–H and O–H groups in total. The van der Waals surface area contributed by atoms with E-state index in [9.17, 15) is 9.59 Å². The topological polar surface area (TPSA) is 52.6 Å². The Morgan fingerprint density at radius 1 is 1.48 bits per heavy atom. The number of cyclic esters (lactones) is 1. The maximum Gasteiger partial charge on any atom is 0.335 e. The third kappa shape index (κ3) is 3.99. The molecule has 0 aromatic heterocycles. The van der Waals surface area contributed by atoms with Crippen molar-refractivity contribution < 1.29 is 19.1 Å². The molecule has 0 amide bonds. The first-order chi connectivity index (χ1) is 10.0. The third-order valence-corrected chi connectivity index (χ3v) is 3.67. The molecule has 1 saturated heterocycles. The Morgan fingerprint density at radius 3 is 2.76 bits per heavy atom.